The molecule has 0 saturated heterocycles. The van der Waals surface area contributed by atoms with Crippen molar-refractivity contribution in [2.45, 2.75) is 41.0 Å². The molecule has 34 heavy (non-hydrogen) atoms. The zero-order valence-electron chi connectivity index (χ0n) is 20.8. The Kier molecular flexibility index (Phi) is 9.75. The Morgan fingerprint density at radius 2 is 1.71 bits per heavy atom. The number of hydrogen-bond donors (Lipinski definition) is 2. The van der Waals surface area contributed by atoms with Gasteiger partial charge in [0, 0.05) is 12.5 Å². The molecule has 0 radical (unpaired) electrons. The lowest BCUT2D eigenvalue weighted by atomic mass is 9.96. The molecule has 0 unspecified atom stereocenters. The van der Waals surface area contributed by atoms with Gasteiger partial charge in [-0.25, -0.2) is 4.79 Å². The number of aromatic hydroxyl groups is 2. The summed E-state index contributed by atoms with van der Waals surface area (Å²) in [6.45, 7) is 10.3. The Bertz CT molecular complexity index is 1150. The van der Waals surface area contributed by atoms with Gasteiger partial charge in [-0.2, -0.15) is 0 Å². The van der Waals surface area contributed by atoms with E-state index in [1.807, 2.05) is 32.1 Å². The fourth-order valence-corrected chi connectivity index (χ4v) is 3.43. The van der Waals surface area contributed by atoms with E-state index in [0.29, 0.717) is 6.42 Å². The average molecular weight is 463 g/mol. The molecule has 0 aliphatic carbocycles. The van der Waals surface area contributed by atoms with Crippen LogP contribution in [0.15, 0.2) is 65.8 Å². The molecule has 2 aromatic rings. The van der Waals surface area contributed by atoms with E-state index in [4.69, 9.17) is 9.47 Å². The van der Waals surface area contributed by atoms with Crippen molar-refractivity contribution in [2.24, 2.45) is 0 Å². The molecule has 2 rings (SSSR count). The fraction of sp³-hybridized carbons (Fsp3) is 0.276. The summed E-state index contributed by atoms with van der Waals surface area (Å²) in [6, 6.07) is 6.60. The Morgan fingerprint density at radius 1 is 0.971 bits per heavy atom. The smallest absolute Gasteiger partial charge is 0.331 e. The quantitative estimate of drug-likeness (QED) is 0.199. The first-order valence-corrected chi connectivity index (χ1v) is 11.2. The number of allylic oxidation sites excluding steroid dienone is 6. The van der Waals surface area contributed by atoms with E-state index in [1.54, 1.807) is 13.2 Å². The first-order chi connectivity index (χ1) is 16.1. The number of carbonyl (C=O) groups excluding carboxylic acids is 1. The lowest BCUT2D eigenvalue weighted by molar-refractivity contribution is -0.137. The van der Waals surface area contributed by atoms with Crippen LogP contribution in [0, 0.1) is 20.8 Å². The second-order valence-corrected chi connectivity index (χ2v) is 8.29. The van der Waals surface area contributed by atoms with E-state index in [-0.39, 0.29) is 18.1 Å². The molecule has 0 fully saturated rings. The van der Waals surface area contributed by atoms with Crippen LogP contribution in [0.2, 0.25) is 0 Å². The standard InChI is InChI=1S/C29H34O5/c1-19(10-12-25-21(3)17-28(33-6)23(5)22(25)4)8-7-9-20(2)16-29(32)34-15-14-24-11-13-26(30)27(31)18-24/h7-13,16-18,30-31H,14-15H2,1-6H3/b9-7+,12-10+,19-8+,20-16+. The summed E-state index contributed by atoms with van der Waals surface area (Å²) in [5.74, 6) is 0.119. The molecule has 2 N–H and O–H groups in total. The highest BCUT2D eigenvalue weighted by Crippen LogP contribution is 2.28. The Labute approximate surface area is 202 Å². The molecule has 0 aliphatic heterocycles. The van der Waals surface area contributed by atoms with Gasteiger partial charge in [-0.1, -0.05) is 42.0 Å². The Hall–Kier alpha value is -3.73. The molecular formula is C29H34O5. The number of phenols is 2. The van der Waals surface area contributed by atoms with Gasteiger partial charge in [0.1, 0.15) is 5.75 Å². The summed E-state index contributed by atoms with van der Waals surface area (Å²) >= 11 is 0. The number of methoxy groups -OCH3 is 1. The van der Waals surface area contributed by atoms with Crippen LogP contribution in [0.4, 0.5) is 0 Å². The largest absolute Gasteiger partial charge is 0.504 e. The van der Waals surface area contributed by atoms with Crippen LogP contribution < -0.4 is 4.74 Å². The molecule has 0 aliphatic rings. The van der Waals surface area contributed by atoms with Crippen LogP contribution in [-0.4, -0.2) is 29.9 Å². The number of benzene rings is 2. The van der Waals surface area contributed by atoms with Crippen molar-refractivity contribution < 1.29 is 24.5 Å². The van der Waals surface area contributed by atoms with Gasteiger partial charge in [-0.05, 0) is 86.2 Å². The Morgan fingerprint density at radius 3 is 2.38 bits per heavy atom. The SMILES string of the molecule is COc1cc(C)c(/C=C/C(C)=C/C=C/C(C)=C/C(=O)OCCc2ccc(O)c(O)c2)c(C)c1C. The summed E-state index contributed by atoms with van der Waals surface area (Å²) in [5, 5.41) is 18.8. The second kappa shape index (κ2) is 12.5. The summed E-state index contributed by atoms with van der Waals surface area (Å²) in [7, 11) is 1.69. The second-order valence-electron chi connectivity index (χ2n) is 8.29. The van der Waals surface area contributed by atoms with Gasteiger partial charge in [0.05, 0.1) is 13.7 Å². The van der Waals surface area contributed by atoms with Crippen LogP contribution in [0.1, 0.15) is 41.7 Å². The maximum atomic E-state index is 12.0. The van der Waals surface area contributed by atoms with E-state index in [1.165, 1.54) is 34.9 Å². The predicted molar refractivity (Wildman–Crippen MR) is 137 cm³/mol. The third kappa shape index (κ3) is 7.69. The van der Waals surface area contributed by atoms with Crippen molar-refractivity contribution in [3.63, 3.8) is 0 Å². The highest BCUT2D eigenvalue weighted by molar-refractivity contribution is 5.83. The maximum Gasteiger partial charge on any atom is 0.331 e. The molecule has 0 amide bonds. The van der Waals surface area contributed by atoms with Crippen LogP contribution >= 0.6 is 0 Å². The number of carbonyl (C=O) groups is 1. The summed E-state index contributed by atoms with van der Waals surface area (Å²) in [5.41, 5.74) is 7.33. The van der Waals surface area contributed by atoms with Gasteiger partial charge in [0.25, 0.3) is 0 Å². The number of rotatable bonds is 9. The molecule has 0 atom stereocenters. The van der Waals surface area contributed by atoms with Crippen molar-refractivity contribution in [1.82, 2.24) is 0 Å². The van der Waals surface area contributed by atoms with Gasteiger partial charge in [-0.15, -0.1) is 0 Å². The van der Waals surface area contributed by atoms with Gasteiger partial charge in [0.15, 0.2) is 11.5 Å². The number of esters is 1. The monoisotopic (exact) mass is 462 g/mol. The lowest BCUT2D eigenvalue weighted by Gasteiger charge is -2.13. The van der Waals surface area contributed by atoms with Crippen molar-refractivity contribution in [2.75, 3.05) is 13.7 Å². The van der Waals surface area contributed by atoms with Crippen LogP contribution in [0.3, 0.4) is 0 Å². The summed E-state index contributed by atoms with van der Waals surface area (Å²) in [6.07, 6.45) is 11.8. The number of ether oxygens (including phenoxy) is 2. The van der Waals surface area contributed by atoms with Crippen molar-refractivity contribution in [3.05, 3.63) is 93.6 Å². The van der Waals surface area contributed by atoms with Crippen LogP contribution in [0.25, 0.3) is 6.08 Å². The zero-order chi connectivity index (χ0) is 25.3. The normalized spacial score (nSPS) is 12.5. The van der Waals surface area contributed by atoms with E-state index in [9.17, 15) is 15.0 Å². The van der Waals surface area contributed by atoms with Crippen molar-refractivity contribution >= 4 is 12.0 Å². The molecule has 5 nitrogen and oxygen atoms in total. The molecular weight excluding hydrogens is 428 g/mol. The minimum absolute atomic E-state index is 0.174. The van der Waals surface area contributed by atoms with E-state index in [2.05, 4.69) is 39.0 Å². The average Bonchev–Trinajstić information content (AvgIpc) is 2.78. The van der Waals surface area contributed by atoms with E-state index in [0.717, 1.165) is 28.0 Å². The molecule has 5 heteroatoms. The van der Waals surface area contributed by atoms with Crippen LogP contribution in [-0.2, 0) is 16.0 Å². The van der Waals surface area contributed by atoms with Gasteiger partial charge < -0.3 is 19.7 Å². The van der Waals surface area contributed by atoms with Crippen LogP contribution in [0.5, 0.6) is 17.2 Å². The number of phenolic OH excluding ortho intramolecular Hbond substituents is 2. The van der Waals surface area contributed by atoms with Gasteiger partial charge in [-0.3, -0.25) is 0 Å². The first-order valence-electron chi connectivity index (χ1n) is 11.2. The minimum atomic E-state index is -0.424. The van der Waals surface area contributed by atoms with Gasteiger partial charge in [0.2, 0.25) is 0 Å². The first kappa shape index (κ1) is 26.5. The molecule has 0 aromatic heterocycles. The Balaban J connectivity index is 1.91. The molecule has 0 bridgehead atoms. The number of aryl methyl sites for hydroxylation is 1. The topological polar surface area (TPSA) is 76.0 Å². The highest BCUT2D eigenvalue weighted by Gasteiger charge is 2.08. The summed E-state index contributed by atoms with van der Waals surface area (Å²) in [4.78, 5) is 12.0. The lowest BCUT2D eigenvalue weighted by Crippen LogP contribution is -2.05. The molecule has 2 aromatic carbocycles. The molecule has 0 heterocycles. The molecule has 180 valence electrons. The van der Waals surface area contributed by atoms with E-state index < -0.39 is 5.97 Å². The highest BCUT2D eigenvalue weighted by atomic mass is 16.5. The third-order valence-electron chi connectivity index (χ3n) is 5.58. The predicted octanol–water partition coefficient (Wildman–Crippen LogP) is 6.28. The van der Waals surface area contributed by atoms with Gasteiger partial charge >= 0.3 is 5.97 Å². The van der Waals surface area contributed by atoms with Crippen molar-refractivity contribution in [3.8, 4) is 17.2 Å². The number of hydrogen-bond acceptors (Lipinski definition) is 5. The zero-order valence-corrected chi connectivity index (χ0v) is 20.8. The van der Waals surface area contributed by atoms with Crippen molar-refractivity contribution in [1.29, 1.82) is 0 Å². The maximum absolute atomic E-state index is 12.0. The fourth-order valence-electron chi connectivity index (χ4n) is 3.43. The minimum Gasteiger partial charge on any atom is -0.504 e. The summed E-state index contributed by atoms with van der Waals surface area (Å²) < 4.78 is 10.7. The van der Waals surface area contributed by atoms with E-state index >= 15 is 0 Å². The molecule has 0 spiro atoms. The third-order valence-corrected chi connectivity index (χ3v) is 5.58. The molecule has 0 saturated carbocycles.